The molecule has 0 radical (unpaired) electrons. The van der Waals surface area contributed by atoms with Crippen LogP contribution in [0, 0.1) is 12.7 Å². The molecular weight excluding hydrogens is 383 g/mol. The summed E-state index contributed by atoms with van der Waals surface area (Å²) in [6.45, 7) is 4.48. The molecule has 0 aromatic heterocycles. The SMILES string of the molecule is CCOc1cc(C)cc(-c2ccc(C3(C(=O)O)CC3)cc2COC2CCCC2)c1F. The Hall–Kier alpha value is -2.40. The Morgan fingerprint density at radius 2 is 1.90 bits per heavy atom. The van der Waals surface area contributed by atoms with Crippen molar-refractivity contribution in [2.75, 3.05) is 6.61 Å². The van der Waals surface area contributed by atoms with Gasteiger partial charge in [-0.25, -0.2) is 4.39 Å². The van der Waals surface area contributed by atoms with E-state index in [9.17, 15) is 9.90 Å². The van der Waals surface area contributed by atoms with E-state index in [1.54, 1.807) is 6.07 Å². The number of carboxylic acids is 1. The molecule has 2 aliphatic rings. The Morgan fingerprint density at radius 3 is 2.53 bits per heavy atom. The summed E-state index contributed by atoms with van der Waals surface area (Å²) in [5, 5.41) is 9.71. The molecule has 0 aliphatic heterocycles. The van der Waals surface area contributed by atoms with Gasteiger partial charge in [-0.3, -0.25) is 4.79 Å². The van der Waals surface area contributed by atoms with E-state index in [2.05, 4.69) is 0 Å². The number of aryl methyl sites for hydroxylation is 1. The van der Waals surface area contributed by atoms with Crippen LogP contribution in [0.4, 0.5) is 4.39 Å². The Morgan fingerprint density at radius 1 is 1.17 bits per heavy atom. The summed E-state index contributed by atoms with van der Waals surface area (Å²) in [5.74, 6) is -0.946. The van der Waals surface area contributed by atoms with Crippen molar-refractivity contribution in [2.24, 2.45) is 0 Å². The Bertz CT molecular complexity index is 942. The Labute approximate surface area is 177 Å². The van der Waals surface area contributed by atoms with Crippen molar-refractivity contribution in [1.29, 1.82) is 0 Å². The van der Waals surface area contributed by atoms with Crippen molar-refractivity contribution in [3.8, 4) is 16.9 Å². The third kappa shape index (κ3) is 3.95. The molecule has 0 amide bonds. The average Bonchev–Trinajstić information content (AvgIpc) is 3.38. The lowest BCUT2D eigenvalue weighted by Gasteiger charge is -2.19. The van der Waals surface area contributed by atoms with Crippen LogP contribution < -0.4 is 4.74 Å². The summed E-state index contributed by atoms with van der Waals surface area (Å²) >= 11 is 0. The molecule has 2 fully saturated rings. The van der Waals surface area contributed by atoms with Crippen LogP contribution in [-0.2, 0) is 21.6 Å². The van der Waals surface area contributed by atoms with Gasteiger partial charge in [0.05, 0.1) is 24.7 Å². The van der Waals surface area contributed by atoms with E-state index in [0.29, 0.717) is 31.6 Å². The van der Waals surface area contributed by atoms with Gasteiger partial charge in [0, 0.05) is 5.56 Å². The molecule has 2 aliphatic carbocycles. The number of aliphatic carboxylic acids is 1. The standard InChI is InChI=1S/C25H29FO4/c1-3-29-22-13-16(2)12-21(23(22)26)20-9-8-18(25(10-11-25)24(27)28)14-17(20)15-30-19-6-4-5-7-19/h8-9,12-14,19H,3-7,10-11,15H2,1-2H3,(H,27,28). The highest BCUT2D eigenvalue weighted by Gasteiger charge is 2.51. The predicted molar refractivity (Wildman–Crippen MR) is 113 cm³/mol. The maximum absolute atomic E-state index is 15.3. The second-order valence-electron chi connectivity index (χ2n) is 8.53. The molecule has 160 valence electrons. The lowest BCUT2D eigenvalue weighted by atomic mass is 9.90. The molecule has 5 heteroatoms. The molecule has 2 aromatic carbocycles. The molecular formula is C25H29FO4. The zero-order valence-electron chi connectivity index (χ0n) is 17.7. The monoisotopic (exact) mass is 412 g/mol. The topological polar surface area (TPSA) is 55.8 Å². The molecule has 1 N–H and O–H groups in total. The van der Waals surface area contributed by atoms with Gasteiger partial charge in [-0.2, -0.15) is 0 Å². The highest BCUT2D eigenvalue weighted by Crippen LogP contribution is 2.49. The van der Waals surface area contributed by atoms with Crippen LogP contribution in [0.5, 0.6) is 5.75 Å². The maximum atomic E-state index is 15.3. The zero-order valence-corrected chi connectivity index (χ0v) is 17.7. The van der Waals surface area contributed by atoms with Gasteiger partial charge < -0.3 is 14.6 Å². The second kappa shape index (κ2) is 8.38. The van der Waals surface area contributed by atoms with Crippen molar-refractivity contribution < 1.29 is 23.8 Å². The first-order chi connectivity index (χ1) is 14.4. The van der Waals surface area contributed by atoms with Crippen molar-refractivity contribution in [1.82, 2.24) is 0 Å². The molecule has 0 heterocycles. The van der Waals surface area contributed by atoms with E-state index in [0.717, 1.165) is 35.1 Å². The van der Waals surface area contributed by atoms with E-state index >= 15 is 4.39 Å². The highest BCUT2D eigenvalue weighted by atomic mass is 19.1. The van der Waals surface area contributed by atoms with E-state index in [1.165, 1.54) is 12.8 Å². The van der Waals surface area contributed by atoms with Gasteiger partial charge in [0.1, 0.15) is 0 Å². The average molecular weight is 413 g/mol. The van der Waals surface area contributed by atoms with Crippen LogP contribution >= 0.6 is 0 Å². The zero-order chi connectivity index (χ0) is 21.3. The fourth-order valence-electron chi connectivity index (χ4n) is 4.48. The molecule has 0 saturated heterocycles. The van der Waals surface area contributed by atoms with Crippen molar-refractivity contribution in [2.45, 2.75) is 70.5 Å². The van der Waals surface area contributed by atoms with E-state index in [-0.39, 0.29) is 11.9 Å². The predicted octanol–water partition coefficient (Wildman–Crippen LogP) is 5.78. The lowest BCUT2D eigenvalue weighted by molar-refractivity contribution is -0.140. The van der Waals surface area contributed by atoms with Crippen LogP contribution in [-0.4, -0.2) is 23.8 Å². The van der Waals surface area contributed by atoms with E-state index < -0.39 is 17.2 Å². The maximum Gasteiger partial charge on any atom is 0.314 e. The smallest absolute Gasteiger partial charge is 0.314 e. The minimum absolute atomic E-state index is 0.220. The largest absolute Gasteiger partial charge is 0.491 e. The van der Waals surface area contributed by atoms with Gasteiger partial charge in [0.25, 0.3) is 0 Å². The number of benzene rings is 2. The van der Waals surface area contributed by atoms with Crippen LogP contribution in [0.2, 0.25) is 0 Å². The van der Waals surface area contributed by atoms with Gasteiger partial charge in [0.15, 0.2) is 11.6 Å². The molecule has 4 rings (SSSR count). The van der Waals surface area contributed by atoms with Gasteiger partial charge >= 0.3 is 5.97 Å². The summed E-state index contributed by atoms with van der Waals surface area (Å²) < 4.78 is 26.9. The molecule has 2 saturated carbocycles. The van der Waals surface area contributed by atoms with Crippen molar-refractivity contribution >= 4 is 5.97 Å². The molecule has 2 aromatic rings. The number of ether oxygens (including phenoxy) is 2. The summed E-state index contributed by atoms with van der Waals surface area (Å²) in [5.41, 5.74) is 2.92. The summed E-state index contributed by atoms with van der Waals surface area (Å²) in [7, 11) is 0. The van der Waals surface area contributed by atoms with Gasteiger partial charge in [-0.15, -0.1) is 0 Å². The summed E-state index contributed by atoms with van der Waals surface area (Å²) in [4.78, 5) is 11.8. The molecule has 30 heavy (non-hydrogen) atoms. The van der Waals surface area contributed by atoms with Gasteiger partial charge in [0.2, 0.25) is 0 Å². The third-order valence-corrected chi connectivity index (χ3v) is 6.37. The number of hydrogen-bond donors (Lipinski definition) is 1. The second-order valence-corrected chi connectivity index (χ2v) is 8.53. The quantitative estimate of drug-likeness (QED) is 0.598. The number of carboxylic acid groups (broad SMARTS) is 1. The first kappa shape index (κ1) is 20.9. The van der Waals surface area contributed by atoms with Crippen molar-refractivity contribution in [3.63, 3.8) is 0 Å². The first-order valence-electron chi connectivity index (χ1n) is 10.9. The Balaban J connectivity index is 1.75. The number of hydrogen-bond acceptors (Lipinski definition) is 3. The molecule has 4 nitrogen and oxygen atoms in total. The number of rotatable bonds is 8. The molecule has 0 bridgehead atoms. The highest BCUT2D eigenvalue weighted by molar-refractivity contribution is 5.85. The normalized spacial score (nSPS) is 17.8. The van der Waals surface area contributed by atoms with Gasteiger partial charge in [-0.05, 0) is 73.9 Å². The van der Waals surface area contributed by atoms with Crippen LogP contribution in [0.15, 0.2) is 30.3 Å². The lowest BCUT2D eigenvalue weighted by Crippen LogP contribution is -2.20. The Kier molecular flexibility index (Phi) is 5.83. The fourth-order valence-corrected chi connectivity index (χ4v) is 4.48. The van der Waals surface area contributed by atoms with Crippen LogP contribution in [0.25, 0.3) is 11.1 Å². The fraction of sp³-hybridized carbons (Fsp3) is 0.480. The first-order valence-corrected chi connectivity index (χ1v) is 10.9. The number of carbonyl (C=O) groups is 1. The van der Waals surface area contributed by atoms with E-state index in [1.807, 2.05) is 38.1 Å². The minimum atomic E-state index is -0.803. The van der Waals surface area contributed by atoms with E-state index in [4.69, 9.17) is 9.47 Å². The molecule has 0 spiro atoms. The van der Waals surface area contributed by atoms with Crippen molar-refractivity contribution in [3.05, 3.63) is 52.8 Å². The molecule has 0 unspecified atom stereocenters. The number of halogens is 1. The summed E-state index contributed by atoms with van der Waals surface area (Å²) in [6.07, 6.45) is 5.92. The third-order valence-electron chi connectivity index (χ3n) is 6.37. The van der Waals surface area contributed by atoms with Crippen LogP contribution in [0.3, 0.4) is 0 Å². The summed E-state index contributed by atoms with van der Waals surface area (Å²) in [6, 6.07) is 9.11. The van der Waals surface area contributed by atoms with Gasteiger partial charge in [-0.1, -0.05) is 31.0 Å². The minimum Gasteiger partial charge on any atom is -0.491 e. The van der Waals surface area contributed by atoms with Crippen LogP contribution in [0.1, 0.15) is 62.1 Å². The molecule has 0 atom stereocenters.